The Morgan fingerprint density at radius 1 is 1.26 bits per heavy atom. The summed E-state index contributed by atoms with van der Waals surface area (Å²) in [6, 6.07) is 7.30. The highest BCUT2D eigenvalue weighted by atomic mass is 32.2. The minimum absolute atomic E-state index is 0.115. The molecule has 0 bridgehead atoms. The second-order valence-corrected chi connectivity index (χ2v) is 7.82. The highest BCUT2D eigenvalue weighted by Gasteiger charge is 2.38. The Morgan fingerprint density at radius 3 is 2.52 bits per heavy atom. The molecule has 1 aliphatic rings. The van der Waals surface area contributed by atoms with Gasteiger partial charge in [0.05, 0.1) is 18.0 Å². The van der Waals surface area contributed by atoms with Crippen molar-refractivity contribution in [3.8, 4) is 5.75 Å². The second kappa shape index (κ2) is 6.02. The van der Waals surface area contributed by atoms with Crippen LogP contribution >= 0.6 is 0 Å². The van der Waals surface area contributed by atoms with Gasteiger partial charge in [-0.1, -0.05) is 0 Å². The summed E-state index contributed by atoms with van der Waals surface area (Å²) in [5, 5.41) is 0. The number of aromatic nitrogens is 1. The zero-order chi connectivity index (χ0) is 16.6. The average molecular weight is 334 g/mol. The van der Waals surface area contributed by atoms with E-state index < -0.39 is 10.0 Å². The topological polar surface area (TPSA) is 62.4 Å². The van der Waals surface area contributed by atoms with Crippen LogP contribution in [0.4, 0.5) is 0 Å². The molecular weight excluding hydrogens is 312 g/mol. The molecular formula is C17H22N2O3S. The second-order valence-electron chi connectivity index (χ2n) is 5.99. The van der Waals surface area contributed by atoms with Crippen molar-refractivity contribution in [2.75, 3.05) is 13.7 Å². The van der Waals surface area contributed by atoms with Crippen LogP contribution < -0.4 is 4.74 Å². The predicted molar refractivity (Wildman–Crippen MR) is 89.1 cm³/mol. The van der Waals surface area contributed by atoms with Crippen molar-refractivity contribution >= 4 is 10.0 Å². The van der Waals surface area contributed by atoms with Gasteiger partial charge in [-0.3, -0.25) is 0 Å². The highest BCUT2D eigenvalue weighted by Crippen LogP contribution is 2.38. The van der Waals surface area contributed by atoms with Gasteiger partial charge in [0.25, 0.3) is 0 Å². The maximum Gasteiger partial charge on any atom is 0.244 e. The van der Waals surface area contributed by atoms with Crippen molar-refractivity contribution in [1.82, 2.24) is 9.29 Å². The summed E-state index contributed by atoms with van der Waals surface area (Å²) in [4.78, 5) is 3.55. The van der Waals surface area contributed by atoms with Crippen LogP contribution in [0.15, 0.2) is 35.4 Å². The first-order valence-electron chi connectivity index (χ1n) is 7.75. The molecule has 2 aromatic rings. The molecule has 0 aliphatic carbocycles. The number of aryl methyl sites for hydroxylation is 2. The molecule has 0 saturated carbocycles. The van der Waals surface area contributed by atoms with E-state index in [0.29, 0.717) is 17.2 Å². The number of ether oxygens (including phenoxy) is 1. The van der Waals surface area contributed by atoms with Crippen molar-refractivity contribution in [2.45, 2.75) is 37.6 Å². The average Bonchev–Trinajstić information content (AvgIpc) is 3.16. The Morgan fingerprint density at radius 2 is 1.96 bits per heavy atom. The van der Waals surface area contributed by atoms with E-state index in [1.807, 2.05) is 32.2 Å². The normalized spacial score (nSPS) is 19.2. The molecule has 6 heteroatoms. The van der Waals surface area contributed by atoms with E-state index in [9.17, 15) is 8.42 Å². The molecule has 1 unspecified atom stereocenters. The van der Waals surface area contributed by atoms with Crippen LogP contribution in [0.3, 0.4) is 0 Å². The molecule has 1 aliphatic heterocycles. The summed E-state index contributed by atoms with van der Waals surface area (Å²) in [6.07, 6.45) is 3.55. The maximum absolute atomic E-state index is 13.3. The van der Waals surface area contributed by atoms with Crippen LogP contribution in [0.1, 0.15) is 35.7 Å². The van der Waals surface area contributed by atoms with Gasteiger partial charge in [0.15, 0.2) is 0 Å². The van der Waals surface area contributed by atoms with E-state index in [1.165, 1.54) is 0 Å². The predicted octanol–water partition coefficient (Wildman–Crippen LogP) is 3.17. The summed E-state index contributed by atoms with van der Waals surface area (Å²) in [5.74, 6) is 0.682. The summed E-state index contributed by atoms with van der Waals surface area (Å²) < 4.78 is 33.4. The summed E-state index contributed by atoms with van der Waals surface area (Å²) in [6.45, 7) is 4.20. The zero-order valence-electron chi connectivity index (χ0n) is 13.7. The van der Waals surface area contributed by atoms with Gasteiger partial charge in [0.1, 0.15) is 5.75 Å². The first-order valence-corrected chi connectivity index (χ1v) is 9.19. The van der Waals surface area contributed by atoms with Gasteiger partial charge < -0.3 is 9.72 Å². The first kappa shape index (κ1) is 16.1. The van der Waals surface area contributed by atoms with E-state index in [1.54, 1.807) is 23.5 Å². The van der Waals surface area contributed by atoms with Crippen LogP contribution in [0.2, 0.25) is 0 Å². The monoisotopic (exact) mass is 334 g/mol. The minimum Gasteiger partial charge on any atom is -0.497 e. The van der Waals surface area contributed by atoms with Crippen molar-refractivity contribution in [3.63, 3.8) is 0 Å². The number of rotatable bonds is 4. The van der Waals surface area contributed by atoms with Crippen molar-refractivity contribution in [1.29, 1.82) is 0 Å². The van der Waals surface area contributed by atoms with Crippen LogP contribution in [0.25, 0.3) is 0 Å². The van der Waals surface area contributed by atoms with Crippen molar-refractivity contribution < 1.29 is 13.2 Å². The third-order valence-corrected chi connectivity index (χ3v) is 6.64. The fraction of sp³-hybridized carbons (Fsp3) is 0.412. The van der Waals surface area contributed by atoms with Crippen molar-refractivity contribution in [2.24, 2.45) is 0 Å². The largest absolute Gasteiger partial charge is 0.497 e. The molecule has 1 atom stereocenters. The lowest BCUT2D eigenvalue weighted by molar-refractivity contribution is 0.390. The van der Waals surface area contributed by atoms with E-state index in [2.05, 4.69) is 4.98 Å². The highest BCUT2D eigenvalue weighted by molar-refractivity contribution is 7.89. The molecule has 0 amide bonds. The molecule has 1 fully saturated rings. The van der Waals surface area contributed by atoms with Gasteiger partial charge in [-0.2, -0.15) is 4.31 Å². The van der Waals surface area contributed by atoms with Crippen LogP contribution in [0, 0.1) is 13.8 Å². The lowest BCUT2D eigenvalue weighted by atomic mass is 10.1. The third kappa shape index (κ3) is 2.77. The standard InChI is InChI=1S/C17H22N2O3S/c1-12-10-14(22-3)11-13(2)17(12)23(20,21)19-9-5-7-16(19)15-6-4-8-18-15/h4,6,8,10-11,16,18H,5,7,9H2,1-3H3. The SMILES string of the molecule is COc1cc(C)c(S(=O)(=O)N2CCCC2c2ccc[nH]2)c(C)c1. The van der Waals surface area contributed by atoms with Gasteiger partial charge in [-0.25, -0.2) is 8.42 Å². The summed E-state index contributed by atoms with van der Waals surface area (Å²) in [5.41, 5.74) is 2.40. The van der Waals surface area contributed by atoms with Crippen molar-refractivity contribution in [3.05, 3.63) is 47.3 Å². The lowest BCUT2D eigenvalue weighted by Gasteiger charge is -2.25. The summed E-state index contributed by atoms with van der Waals surface area (Å²) in [7, 11) is -1.96. The molecule has 3 rings (SSSR count). The van der Waals surface area contributed by atoms with E-state index in [-0.39, 0.29) is 6.04 Å². The fourth-order valence-electron chi connectivity index (χ4n) is 3.44. The molecule has 1 aromatic carbocycles. The zero-order valence-corrected chi connectivity index (χ0v) is 14.5. The number of benzene rings is 1. The van der Waals surface area contributed by atoms with Gasteiger partial charge in [0, 0.05) is 18.4 Å². The number of methoxy groups -OCH3 is 1. The number of H-pyrrole nitrogens is 1. The Hall–Kier alpha value is -1.79. The lowest BCUT2D eigenvalue weighted by Crippen LogP contribution is -2.31. The van der Waals surface area contributed by atoms with Gasteiger partial charge in [0.2, 0.25) is 10.0 Å². The smallest absolute Gasteiger partial charge is 0.244 e. The first-order chi connectivity index (χ1) is 10.9. The van der Waals surface area contributed by atoms with E-state index >= 15 is 0 Å². The maximum atomic E-state index is 13.3. The molecule has 1 aromatic heterocycles. The Bertz CT molecular complexity index is 774. The number of sulfonamides is 1. The van der Waals surface area contributed by atoms with Crippen LogP contribution in [0.5, 0.6) is 5.75 Å². The third-order valence-electron chi connectivity index (χ3n) is 4.42. The molecule has 124 valence electrons. The Kier molecular flexibility index (Phi) is 4.21. The van der Waals surface area contributed by atoms with Gasteiger partial charge in [-0.15, -0.1) is 0 Å². The van der Waals surface area contributed by atoms with Crippen LogP contribution in [-0.2, 0) is 10.0 Å². The fourth-order valence-corrected chi connectivity index (χ4v) is 5.53. The number of hydrogen-bond donors (Lipinski definition) is 1. The molecule has 5 nitrogen and oxygen atoms in total. The minimum atomic E-state index is -3.54. The summed E-state index contributed by atoms with van der Waals surface area (Å²) >= 11 is 0. The molecule has 1 saturated heterocycles. The number of aromatic amines is 1. The number of nitrogens with zero attached hydrogens (tertiary/aromatic N) is 1. The molecule has 2 heterocycles. The molecule has 0 spiro atoms. The molecule has 23 heavy (non-hydrogen) atoms. The molecule has 0 radical (unpaired) electrons. The van der Waals surface area contributed by atoms with E-state index in [4.69, 9.17) is 4.74 Å². The Balaban J connectivity index is 2.05. The van der Waals surface area contributed by atoms with Gasteiger partial charge in [-0.05, 0) is 62.1 Å². The quantitative estimate of drug-likeness (QED) is 0.934. The van der Waals surface area contributed by atoms with E-state index in [0.717, 1.165) is 29.7 Å². The Labute approximate surface area is 137 Å². The number of nitrogens with one attached hydrogen (secondary N) is 1. The molecule has 1 N–H and O–H groups in total. The number of hydrogen-bond acceptors (Lipinski definition) is 3. The van der Waals surface area contributed by atoms with Crippen LogP contribution in [-0.4, -0.2) is 31.4 Å². The van der Waals surface area contributed by atoms with Gasteiger partial charge >= 0.3 is 0 Å².